The number of aryl methyl sites for hydroxylation is 2. The van der Waals surface area contributed by atoms with E-state index >= 15 is 0 Å². The highest BCUT2D eigenvalue weighted by molar-refractivity contribution is 7.99. The summed E-state index contributed by atoms with van der Waals surface area (Å²) >= 11 is 3.18. The molecule has 0 bridgehead atoms. The van der Waals surface area contributed by atoms with Crippen LogP contribution in [-0.2, 0) is 12.8 Å². The van der Waals surface area contributed by atoms with Gasteiger partial charge in [0.2, 0.25) is 0 Å². The lowest BCUT2D eigenvalue weighted by Crippen LogP contribution is -2.25. The molecule has 1 aliphatic carbocycles. The van der Waals surface area contributed by atoms with Gasteiger partial charge in [0.15, 0.2) is 5.16 Å². The number of nitrogens with zero attached hydrogens (tertiary/aromatic N) is 3. The van der Waals surface area contributed by atoms with E-state index in [0.29, 0.717) is 12.2 Å². The Morgan fingerprint density at radius 2 is 2.29 bits per heavy atom. The lowest BCUT2D eigenvalue weighted by atomic mass is 10.2. The molecule has 3 rings (SSSR count). The summed E-state index contributed by atoms with van der Waals surface area (Å²) < 4.78 is 1.79. The van der Waals surface area contributed by atoms with Crippen molar-refractivity contribution >= 4 is 33.3 Å². The van der Waals surface area contributed by atoms with Crippen LogP contribution in [0.2, 0.25) is 0 Å². The Labute approximate surface area is 131 Å². The SMILES string of the molecule is CC(C)n1c(SCCC#N)nc2sc3c(c2c1=O)CCC3. The first-order chi connectivity index (χ1) is 10.1. The minimum atomic E-state index is 0.0796. The Balaban J connectivity index is 2.17. The molecular formula is C15H17N3OS2. The summed E-state index contributed by atoms with van der Waals surface area (Å²) in [6.07, 6.45) is 3.70. The average Bonchev–Trinajstić information content (AvgIpc) is 2.98. The molecule has 4 nitrogen and oxygen atoms in total. The Morgan fingerprint density at radius 1 is 1.48 bits per heavy atom. The number of thioether (sulfide) groups is 1. The Bertz CT molecular complexity index is 783. The van der Waals surface area contributed by atoms with Crippen LogP contribution in [0.4, 0.5) is 0 Å². The minimum Gasteiger partial charge on any atom is -0.284 e. The molecular weight excluding hydrogens is 302 g/mol. The average molecular weight is 319 g/mol. The summed E-state index contributed by atoms with van der Waals surface area (Å²) in [7, 11) is 0. The highest BCUT2D eigenvalue weighted by atomic mass is 32.2. The second kappa shape index (κ2) is 5.82. The molecule has 6 heteroatoms. The van der Waals surface area contributed by atoms with Crippen molar-refractivity contribution in [3.63, 3.8) is 0 Å². The summed E-state index contributed by atoms with van der Waals surface area (Å²) in [6.45, 7) is 4.02. The summed E-state index contributed by atoms with van der Waals surface area (Å²) in [5.74, 6) is 0.673. The zero-order valence-electron chi connectivity index (χ0n) is 12.2. The van der Waals surface area contributed by atoms with Gasteiger partial charge in [-0.1, -0.05) is 11.8 Å². The molecule has 0 radical (unpaired) electrons. The Hall–Kier alpha value is -1.32. The highest BCUT2D eigenvalue weighted by Crippen LogP contribution is 2.36. The van der Waals surface area contributed by atoms with Gasteiger partial charge in [0.25, 0.3) is 5.56 Å². The van der Waals surface area contributed by atoms with Crippen molar-refractivity contribution in [1.29, 1.82) is 5.26 Å². The van der Waals surface area contributed by atoms with Gasteiger partial charge >= 0.3 is 0 Å². The fourth-order valence-corrected chi connectivity index (χ4v) is 5.06. The van der Waals surface area contributed by atoms with Gasteiger partial charge in [0.1, 0.15) is 4.83 Å². The number of nitriles is 1. The largest absolute Gasteiger partial charge is 0.284 e. The lowest BCUT2D eigenvalue weighted by Gasteiger charge is -2.15. The van der Waals surface area contributed by atoms with Crippen LogP contribution in [0.3, 0.4) is 0 Å². The molecule has 0 saturated carbocycles. The van der Waals surface area contributed by atoms with E-state index in [9.17, 15) is 4.79 Å². The normalized spacial score (nSPS) is 13.8. The molecule has 21 heavy (non-hydrogen) atoms. The van der Waals surface area contributed by atoms with Crippen molar-refractivity contribution < 1.29 is 0 Å². The number of thiophene rings is 1. The molecule has 0 aromatic carbocycles. The number of aromatic nitrogens is 2. The molecule has 1 aliphatic rings. The van der Waals surface area contributed by atoms with E-state index in [-0.39, 0.29) is 11.6 Å². The van der Waals surface area contributed by atoms with Gasteiger partial charge in [0, 0.05) is 23.1 Å². The first-order valence-electron chi connectivity index (χ1n) is 7.20. The third kappa shape index (κ3) is 2.49. The summed E-state index contributed by atoms with van der Waals surface area (Å²) in [6, 6.07) is 2.22. The topological polar surface area (TPSA) is 58.7 Å². The van der Waals surface area contributed by atoms with E-state index in [2.05, 4.69) is 6.07 Å². The fourth-order valence-electron chi connectivity index (χ4n) is 2.78. The van der Waals surface area contributed by atoms with Crippen molar-refractivity contribution in [2.45, 2.75) is 50.7 Å². The van der Waals surface area contributed by atoms with E-state index in [1.165, 1.54) is 22.2 Å². The van der Waals surface area contributed by atoms with E-state index in [1.54, 1.807) is 15.9 Å². The molecule has 0 aliphatic heterocycles. The van der Waals surface area contributed by atoms with Crippen molar-refractivity contribution in [2.24, 2.45) is 0 Å². The predicted octanol–water partition coefficient (Wildman–Crippen LogP) is 3.53. The molecule has 110 valence electrons. The highest BCUT2D eigenvalue weighted by Gasteiger charge is 2.23. The van der Waals surface area contributed by atoms with Crippen LogP contribution < -0.4 is 5.56 Å². The standard InChI is InChI=1S/C15H17N3OS2/c1-9(2)18-14(19)12-10-5-3-6-11(10)21-13(12)17-15(18)20-8-4-7-16/h9H,3-6,8H2,1-2H3. The number of rotatable bonds is 4. The quantitative estimate of drug-likeness (QED) is 0.491. The van der Waals surface area contributed by atoms with Gasteiger partial charge in [-0.15, -0.1) is 11.3 Å². The lowest BCUT2D eigenvalue weighted by molar-refractivity contribution is 0.519. The maximum Gasteiger partial charge on any atom is 0.263 e. The summed E-state index contributed by atoms with van der Waals surface area (Å²) in [5, 5.41) is 10.3. The number of hydrogen-bond acceptors (Lipinski definition) is 5. The molecule has 0 spiro atoms. The van der Waals surface area contributed by atoms with Crippen LogP contribution in [-0.4, -0.2) is 15.3 Å². The van der Waals surface area contributed by atoms with E-state index in [4.69, 9.17) is 10.2 Å². The van der Waals surface area contributed by atoms with Gasteiger partial charge in [-0.05, 0) is 38.7 Å². The number of fused-ring (bicyclic) bond motifs is 3. The van der Waals surface area contributed by atoms with E-state index in [1.807, 2.05) is 13.8 Å². The zero-order chi connectivity index (χ0) is 15.0. The van der Waals surface area contributed by atoms with Crippen LogP contribution >= 0.6 is 23.1 Å². The van der Waals surface area contributed by atoms with Crippen molar-refractivity contribution in [2.75, 3.05) is 5.75 Å². The molecule has 0 fully saturated rings. The van der Waals surface area contributed by atoms with Crippen LogP contribution in [0.15, 0.2) is 9.95 Å². The van der Waals surface area contributed by atoms with Crippen molar-refractivity contribution in [3.05, 3.63) is 20.8 Å². The number of hydrogen-bond donors (Lipinski definition) is 0. The molecule has 0 unspecified atom stereocenters. The van der Waals surface area contributed by atoms with Crippen LogP contribution in [0.5, 0.6) is 0 Å². The van der Waals surface area contributed by atoms with Crippen LogP contribution in [0, 0.1) is 11.3 Å². The maximum atomic E-state index is 12.9. The molecule has 0 saturated heterocycles. The first-order valence-corrected chi connectivity index (χ1v) is 9.00. The molecule has 2 aromatic heterocycles. The molecule has 0 amide bonds. The first kappa shape index (κ1) is 14.6. The molecule has 0 atom stereocenters. The fraction of sp³-hybridized carbons (Fsp3) is 0.533. The molecule has 0 N–H and O–H groups in total. The summed E-state index contributed by atoms with van der Waals surface area (Å²) in [4.78, 5) is 19.8. The van der Waals surface area contributed by atoms with Gasteiger partial charge in [-0.25, -0.2) is 4.98 Å². The third-order valence-electron chi connectivity index (χ3n) is 3.70. The molecule has 2 aromatic rings. The van der Waals surface area contributed by atoms with Crippen LogP contribution in [0.25, 0.3) is 10.2 Å². The van der Waals surface area contributed by atoms with Crippen molar-refractivity contribution in [1.82, 2.24) is 9.55 Å². The van der Waals surface area contributed by atoms with Crippen molar-refractivity contribution in [3.8, 4) is 6.07 Å². The summed E-state index contributed by atoms with van der Waals surface area (Å²) in [5.41, 5.74) is 1.32. The Kier molecular flexibility index (Phi) is 4.05. The van der Waals surface area contributed by atoms with E-state index in [0.717, 1.165) is 34.6 Å². The van der Waals surface area contributed by atoms with Gasteiger partial charge < -0.3 is 0 Å². The Morgan fingerprint density at radius 3 is 3.00 bits per heavy atom. The monoisotopic (exact) mass is 319 g/mol. The smallest absolute Gasteiger partial charge is 0.263 e. The second-order valence-electron chi connectivity index (χ2n) is 5.46. The third-order valence-corrected chi connectivity index (χ3v) is 5.84. The molecule has 2 heterocycles. The maximum absolute atomic E-state index is 12.9. The van der Waals surface area contributed by atoms with Gasteiger partial charge in [0.05, 0.1) is 11.5 Å². The van der Waals surface area contributed by atoms with Gasteiger partial charge in [-0.2, -0.15) is 5.26 Å². The second-order valence-corrected chi connectivity index (χ2v) is 7.60. The zero-order valence-corrected chi connectivity index (χ0v) is 13.8. The predicted molar refractivity (Wildman–Crippen MR) is 87.2 cm³/mol. The van der Waals surface area contributed by atoms with Gasteiger partial charge in [-0.3, -0.25) is 9.36 Å². The van der Waals surface area contributed by atoms with E-state index < -0.39 is 0 Å². The minimum absolute atomic E-state index is 0.0796. The van der Waals surface area contributed by atoms with Crippen LogP contribution in [0.1, 0.15) is 43.2 Å².